The average Bonchev–Trinajstić information content (AvgIpc) is 3.41. The second-order valence-electron chi connectivity index (χ2n) is 6.87. The summed E-state index contributed by atoms with van der Waals surface area (Å²) in [4.78, 5) is 22.7. The zero-order valence-electron chi connectivity index (χ0n) is 17.7. The summed E-state index contributed by atoms with van der Waals surface area (Å²) in [6.45, 7) is 2.02. The number of carbonyl (C=O) groups excluding carboxylic acids is 1. The summed E-state index contributed by atoms with van der Waals surface area (Å²) in [5, 5.41) is 2.00. The molecule has 158 valence electrons. The number of rotatable bonds is 7. The quantitative estimate of drug-likeness (QED) is 0.312. The Kier molecular flexibility index (Phi) is 5.77. The van der Waals surface area contributed by atoms with Gasteiger partial charge in [-0.2, -0.15) is 0 Å². The minimum atomic E-state index is -0.203. The topological polar surface area (TPSA) is 73.4 Å². The largest absolute Gasteiger partial charge is 0.493 e. The maximum Gasteiger partial charge on any atom is 0.203 e. The summed E-state index contributed by atoms with van der Waals surface area (Å²) in [6, 6.07) is 13.0. The van der Waals surface area contributed by atoms with Crippen molar-refractivity contribution in [2.45, 2.75) is 6.92 Å². The number of aromatic nitrogens is 2. The number of ether oxygens (including phenoxy) is 3. The van der Waals surface area contributed by atoms with Crippen LogP contribution in [0.25, 0.3) is 22.7 Å². The van der Waals surface area contributed by atoms with Gasteiger partial charge in [-0.15, -0.1) is 11.3 Å². The third-order valence-corrected chi connectivity index (χ3v) is 5.96. The predicted octanol–water partition coefficient (Wildman–Crippen LogP) is 5.38. The predicted molar refractivity (Wildman–Crippen MR) is 123 cm³/mol. The Morgan fingerprint density at radius 2 is 1.74 bits per heavy atom. The van der Waals surface area contributed by atoms with Gasteiger partial charge in [0, 0.05) is 10.4 Å². The molecule has 2 aromatic heterocycles. The summed E-state index contributed by atoms with van der Waals surface area (Å²) in [7, 11) is 4.58. The van der Waals surface area contributed by atoms with Crippen LogP contribution in [0.15, 0.2) is 47.8 Å². The number of hydrogen-bond donors (Lipinski definition) is 1. The Morgan fingerprint density at radius 3 is 2.32 bits per heavy atom. The van der Waals surface area contributed by atoms with Gasteiger partial charge in [0.05, 0.1) is 37.9 Å². The van der Waals surface area contributed by atoms with Crippen molar-refractivity contribution in [1.29, 1.82) is 0 Å². The van der Waals surface area contributed by atoms with E-state index in [0.717, 1.165) is 21.5 Å². The van der Waals surface area contributed by atoms with Gasteiger partial charge in [-0.25, -0.2) is 4.98 Å². The average molecular weight is 435 g/mol. The molecule has 0 unspecified atom stereocenters. The van der Waals surface area contributed by atoms with Crippen molar-refractivity contribution in [1.82, 2.24) is 9.97 Å². The summed E-state index contributed by atoms with van der Waals surface area (Å²) in [5.74, 6) is 1.58. The van der Waals surface area contributed by atoms with Crippen LogP contribution in [0.3, 0.4) is 0 Å². The number of ketones is 1. The van der Waals surface area contributed by atoms with E-state index in [-0.39, 0.29) is 5.78 Å². The summed E-state index contributed by atoms with van der Waals surface area (Å²) >= 11 is 1.57. The number of Topliss-reactive ketones (excluding diaryl/α,β-unsaturated/α-hetero) is 1. The first-order valence-corrected chi connectivity index (χ1v) is 10.5. The number of methoxy groups -OCH3 is 3. The molecular formula is C24H22N2O4S. The van der Waals surface area contributed by atoms with E-state index < -0.39 is 0 Å². The minimum absolute atomic E-state index is 0.203. The van der Waals surface area contributed by atoms with Crippen LogP contribution < -0.4 is 14.2 Å². The number of fused-ring (bicyclic) bond motifs is 1. The van der Waals surface area contributed by atoms with Gasteiger partial charge in [0.25, 0.3) is 0 Å². The van der Waals surface area contributed by atoms with E-state index in [1.54, 1.807) is 23.5 Å². The number of allylic oxidation sites excluding steroid dienone is 1. The van der Waals surface area contributed by atoms with Crippen LogP contribution in [0.2, 0.25) is 0 Å². The first-order chi connectivity index (χ1) is 15.0. The van der Waals surface area contributed by atoms with Gasteiger partial charge in [0.1, 0.15) is 5.82 Å². The van der Waals surface area contributed by atoms with Crippen molar-refractivity contribution < 1.29 is 19.0 Å². The Bertz CT molecular complexity index is 1230. The fraction of sp³-hybridized carbons (Fsp3) is 0.167. The fourth-order valence-corrected chi connectivity index (χ4v) is 4.21. The van der Waals surface area contributed by atoms with E-state index in [0.29, 0.717) is 34.2 Å². The number of imidazole rings is 1. The van der Waals surface area contributed by atoms with Gasteiger partial charge >= 0.3 is 0 Å². The third kappa shape index (κ3) is 3.92. The van der Waals surface area contributed by atoms with Crippen LogP contribution in [-0.2, 0) is 0 Å². The van der Waals surface area contributed by atoms with Crippen LogP contribution in [0.4, 0.5) is 0 Å². The molecule has 0 bridgehead atoms. The molecule has 4 aromatic rings. The lowest BCUT2D eigenvalue weighted by Crippen LogP contribution is -2.06. The van der Waals surface area contributed by atoms with Crippen LogP contribution in [0.5, 0.6) is 17.2 Å². The zero-order chi connectivity index (χ0) is 22.0. The Balaban J connectivity index is 1.89. The molecule has 6 nitrogen and oxygen atoms in total. The standard InChI is InChI=1S/C24H22N2O4S/c1-14-9-10-31-21(14)13-16(24-25-17-7-5-6-8-18(17)26-24)22(27)15-11-19(28-2)23(30-4)20(12-15)29-3/h5-13H,1-4H3,(H,25,26). The second-order valence-corrected chi connectivity index (χ2v) is 7.82. The number of aryl methyl sites for hydroxylation is 1. The highest BCUT2D eigenvalue weighted by molar-refractivity contribution is 7.11. The highest BCUT2D eigenvalue weighted by Gasteiger charge is 2.23. The third-order valence-electron chi connectivity index (χ3n) is 4.99. The summed E-state index contributed by atoms with van der Waals surface area (Å²) in [6.07, 6.45) is 1.88. The van der Waals surface area contributed by atoms with Gasteiger partial charge < -0.3 is 19.2 Å². The van der Waals surface area contributed by atoms with Crippen molar-refractivity contribution in [3.63, 3.8) is 0 Å². The maximum atomic E-state index is 13.7. The molecule has 0 fully saturated rings. The van der Waals surface area contributed by atoms with E-state index >= 15 is 0 Å². The monoisotopic (exact) mass is 434 g/mol. The smallest absolute Gasteiger partial charge is 0.203 e. The molecule has 0 atom stereocenters. The van der Waals surface area contributed by atoms with Gasteiger partial charge in [-0.05, 0) is 54.3 Å². The molecule has 1 N–H and O–H groups in total. The van der Waals surface area contributed by atoms with Gasteiger partial charge in [-0.1, -0.05) is 12.1 Å². The lowest BCUT2D eigenvalue weighted by molar-refractivity contribution is 0.105. The lowest BCUT2D eigenvalue weighted by Gasteiger charge is -2.14. The van der Waals surface area contributed by atoms with Crippen molar-refractivity contribution in [2.24, 2.45) is 0 Å². The van der Waals surface area contributed by atoms with E-state index in [2.05, 4.69) is 9.97 Å². The highest BCUT2D eigenvalue weighted by Crippen LogP contribution is 2.39. The fourth-order valence-electron chi connectivity index (χ4n) is 3.35. The molecule has 2 heterocycles. The van der Waals surface area contributed by atoms with Crippen molar-refractivity contribution in [3.05, 3.63) is 69.7 Å². The highest BCUT2D eigenvalue weighted by atomic mass is 32.1. The van der Waals surface area contributed by atoms with Crippen LogP contribution in [0.1, 0.15) is 26.6 Å². The SMILES string of the molecule is COc1cc(C(=O)C(=Cc2sccc2C)c2nc3ccccc3[nH]2)cc(OC)c1OC. The molecule has 7 heteroatoms. The second kappa shape index (κ2) is 8.65. The molecule has 0 spiro atoms. The number of nitrogens with one attached hydrogen (secondary N) is 1. The summed E-state index contributed by atoms with van der Waals surface area (Å²) in [5.41, 5.74) is 3.62. The normalized spacial score (nSPS) is 11.5. The van der Waals surface area contributed by atoms with Gasteiger partial charge in [-0.3, -0.25) is 4.79 Å². The van der Waals surface area contributed by atoms with E-state index in [9.17, 15) is 4.79 Å². The number of hydrogen-bond acceptors (Lipinski definition) is 6. The number of benzene rings is 2. The van der Waals surface area contributed by atoms with Crippen molar-refractivity contribution in [3.8, 4) is 17.2 Å². The first-order valence-electron chi connectivity index (χ1n) is 9.61. The van der Waals surface area contributed by atoms with Crippen LogP contribution in [0, 0.1) is 6.92 Å². The molecule has 0 radical (unpaired) electrons. The number of thiophene rings is 1. The Labute approximate surface area is 184 Å². The van der Waals surface area contributed by atoms with E-state index in [1.807, 2.05) is 48.7 Å². The zero-order valence-corrected chi connectivity index (χ0v) is 18.5. The molecule has 0 saturated carbocycles. The Morgan fingerprint density at radius 1 is 1.03 bits per heavy atom. The van der Waals surface area contributed by atoms with Crippen LogP contribution >= 0.6 is 11.3 Å². The molecule has 31 heavy (non-hydrogen) atoms. The number of aromatic amines is 1. The molecule has 0 aliphatic rings. The molecule has 0 aliphatic carbocycles. The first kappa shape index (κ1) is 20.7. The number of para-hydroxylation sites is 2. The summed E-state index contributed by atoms with van der Waals surface area (Å²) < 4.78 is 16.2. The molecule has 4 rings (SSSR count). The Hall–Kier alpha value is -3.58. The maximum absolute atomic E-state index is 13.7. The number of H-pyrrole nitrogens is 1. The molecular weight excluding hydrogens is 412 g/mol. The van der Waals surface area contributed by atoms with Crippen molar-refractivity contribution >= 4 is 39.8 Å². The van der Waals surface area contributed by atoms with Gasteiger partial charge in [0.15, 0.2) is 17.3 Å². The lowest BCUT2D eigenvalue weighted by atomic mass is 10.0. The molecule has 0 aliphatic heterocycles. The minimum Gasteiger partial charge on any atom is -0.493 e. The molecule has 0 amide bonds. The van der Waals surface area contributed by atoms with E-state index in [4.69, 9.17) is 14.2 Å². The number of nitrogens with zero attached hydrogens (tertiary/aromatic N) is 1. The van der Waals surface area contributed by atoms with Crippen molar-refractivity contribution in [2.75, 3.05) is 21.3 Å². The molecule has 2 aromatic carbocycles. The molecule has 0 saturated heterocycles. The number of carbonyl (C=O) groups is 1. The van der Waals surface area contributed by atoms with E-state index in [1.165, 1.54) is 21.3 Å². The van der Waals surface area contributed by atoms with Crippen LogP contribution in [-0.4, -0.2) is 37.1 Å². The van der Waals surface area contributed by atoms with Gasteiger partial charge in [0.2, 0.25) is 5.75 Å².